The maximum Gasteiger partial charge on any atom is 0.258 e. The Kier molecular flexibility index (Phi) is 7.31. The molecule has 0 heterocycles. The highest BCUT2D eigenvalue weighted by Crippen LogP contribution is 2.24. The lowest BCUT2D eigenvalue weighted by molar-refractivity contribution is -0.115. The number of nitrogens with one attached hydrogen (secondary N) is 1. The van der Waals surface area contributed by atoms with Crippen LogP contribution < -0.4 is 10.2 Å². The van der Waals surface area contributed by atoms with Crippen LogP contribution in [0.5, 0.6) is 0 Å². The van der Waals surface area contributed by atoms with Gasteiger partial charge in [0.15, 0.2) is 0 Å². The van der Waals surface area contributed by atoms with Gasteiger partial charge in [-0.05, 0) is 78.2 Å². The van der Waals surface area contributed by atoms with Crippen LogP contribution >= 0.6 is 0 Å². The molecule has 0 aliphatic rings. The second-order valence-electron chi connectivity index (χ2n) is 8.23. The van der Waals surface area contributed by atoms with Gasteiger partial charge in [-0.3, -0.25) is 9.59 Å². The summed E-state index contributed by atoms with van der Waals surface area (Å²) in [7, 11) is 0. The molecule has 0 unspecified atom stereocenters. The predicted molar refractivity (Wildman–Crippen MR) is 133 cm³/mol. The van der Waals surface area contributed by atoms with Crippen molar-refractivity contribution in [2.24, 2.45) is 0 Å². The number of carbonyl (C=O) groups excluding carboxylic acids is 2. The third kappa shape index (κ3) is 6.18. The molecule has 0 atom stereocenters. The zero-order valence-corrected chi connectivity index (χ0v) is 19.2. The highest BCUT2D eigenvalue weighted by Gasteiger charge is 2.20. The lowest BCUT2D eigenvalue weighted by atomic mass is 10.1. The van der Waals surface area contributed by atoms with Crippen molar-refractivity contribution in [1.82, 2.24) is 0 Å². The molecule has 0 aliphatic heterocycles. The van der Waals surface area contributed by atoms with E-state index in [1.165, 1.54) is 36.4 Å². The Bertz CT molecular complexity index is 1340. The molecule has 4 nitrogen and oxygen atoms in total. The molecule has 1 N–H and O–H groups in total. The lowest BCUT2D eigenvalue weighted by Gasteiger charge is -2.24. The minimum absolute atomic E-state index is 0.0775. The van der Waals surface area contributed by atoms with Crippen molar-refractivity contribution in [3.8, 4) is 0 Å². The monoisotopic (exact) mass is 470 g/mol. The minimum Gasteiger partial charge on any atom is -0.326 e. The van der Waals surface area contributed by atoms with Crippen LogP contribution in [0.25, 0.3) is 0 Å². The van der Waals surface area contributed by atoms with Crippen molar-refractivity contribution >= 4 is 23.2 Å². The van der Waals surface area contributed by atoms with E-state index >= 15 is 0 Å². The fourth-order valence-electron chi connectivity index (χ4n) is 3.77. The van der Waals surface area contributed by atoms with E-state index in [0.29, 0.717) is 22.5 Å². The second-order valence-corrected chi connectivity index (χ2v) is 8.23. The number of amides is 2. The molecular weight excluding hydrogens is 446 g/mol. The van der Waals surface area contributed by atoms with Crippen molar-refractivity contribution in [3.63, 3.8) is 0 Å². The van der Waals surface area contributed by atoms with E-state index in [1.807, 2.05) is 31.2 Å². The van der Waals surface area contributed by atoms with Crippen LogP contribution in [-0.2, 0) is 17.8 Å². The summed E-state index contributed by atoms with van der Waals surface area (Å²) >= 11 is 0. The quantitative estimate of drug-likeness (QED) is 0.345. The summed E-state index contributed by atoms with van der Waals surface area (Å²) in [5.74, 6) is -1.18. The van der Waals surface area contributed by atoms with Gasteiger partial charge in [0.2, 0.25) is 5.91 Å². The van der Waals surface area contributed by atoms with Crippen LogP contribution in [0.2, 0.25) is 0 Å². The Balaban J connectivity index is 1.60. The number of nitrogens with zero attached hydrogens (tertiary/aromatic N) is 1. The molecule has 0 bridgehead atoms. The first-order chi connectivity index (χ1) is 16.9. The van der Waals surface area contributed by atoms with Crippen molar-refractivity contribution in [2.75, 3.05) is 10.2 Å². The van der Waals surface area contributed by atoms with Crippen LogP contribution in [0, 0.1) is 18.6 Å². The molecule has 0 saturated heterocycles. The first-order valence-corrected chi connectivity index (χ1v) is 11.2. The van der Waals surface area contributed by atoms with Crippen molar-refractivity contribution < 1.29 is 18.4 Å². The maximum atomic E-state index is 13.6. The summed E-state index contributed by atoms with van der Waals surface area (Å²) in [6, 6.07) is 26.1. The maximum absolute atomic E-state index is 13.6. The molecule has 4 rings (SSSR count). The van der Waals surface area contributed by atoms with E-state index in [1.54, 1.807) is 41.3 Å². The summed E-state index contributed by atoms with van der Waals surface area (Å²) in [6.45, 7) is 2.11. The van der Waals surface area contributed by atoms with Gasteiger partial charge in [0.1, 0.15) is 11.6 Å². The summed E-state index contributed by atoms with van der Waals surface area (Å²) in [6.07, 6.45) is 0.0775. The first-order valence-electron chi connectivity index (χ1n) is 11.2. The van der Waals surface area contributed by atoms with Gasteiger partial charge in [-0.25, -0.2) is 8.78 Å². The van der Waals surface area contributed by atoms with Gasteiger partial charge in [-0.1, -0.05) is 42.5 Å². The average Bonchev–Trinajstić information content (AvgIpc) is 2.85. The highest BCUT2D eigenvalue weighted by atomic mass is 19.1. The molecule has 0 aromatic heterocycles. The van der Waals surface area contributed by atoms with E-state index in [0.717, 1.165) is 11.1 Å². The van der Waals surface area contributed by atoms with Gasteiger partial charge in [0, 0.05) is 16.9 Å². The van der Waals surface area contributed by atoms with Crippen LogP contribution in [0.4, 0.5) is 20.2 Å². The Hall–Kier alpha value is -4.32. The Morgan fingerprint density at radius 2 is 1.43 bits per heavy atom. The molecule has 0 saturated carbocycles. The van der Waals surface area contributed by atoms with Gasteiger partial charge < -0.3 is 10.2 Å². The van der Waals surface area contributed by atoms with Gasteiger partial charge >= 0.3 is 0 Å². The van der Waals surface area contributed by atoms with Crippen LogP contribution in [-0.4, -0.2) is 11.8 Å². The Labute approximate surface area is 202 Å². The largest absolute Gasteiger partial charge is 0.326 e. The van der Waals surface area contributed by atoms with Crippen molar-refractivity contribution in [1.29, 1.82) is 0 Å². The first kappa shape index (κ1) is 23.8. The molecule has 6 heteroatoms. The Morgan fingerprint density at radius 3 is 2.11 bits per heavy atom. The van der Waals surface area contributed by atoms with Gasteiger partial charge in [0.05, 0.1) is 13.0 Å². The van der Waals surface area contributed by atoms with E-state index < -0.39 is 0 Å². The molecule has 4 aromatic rings. The number of hydrogen-bond donors (Lipinski definition) is 1. The molecule has 0 fully saturated rings. The van der Waals surface area contributed by atoms with E-state index in [-0.39, 0.29) is 36.4 Å². The number of rotatable bonds is 7. The number of carbonyl (C=O) groups is 2. The number of halogens is 2. The molecule has 0 spiro atoms. The van der Waals surface area contributed by atoms with Crippen molar-refractivity contribution in [3.05, 3.63) is 131 Å². The van der Waals surface area contributed by atoms with Gasteiger partial charge in [-0.2, -0.15) is 0 Å². The highest BCUT2D eigenvalue weighted by molar-refractivity contribution is 6.07. The van der Waals surface area contributed by atoms with E-state index in [9.17, 15) is 18.4 Å². The summed E-state index contributed by atoms with van der Waals surface area (Å²) in [4.78, 5) is 27.8. The SMILES string of the molecule is Cc1ccccc1C(=O)N(Cc1ccc(F)cc1)c1cccc(CC(=O)Nc2ccc(F)cc2)c1. The zero-order valence-electron chi connectivity index (χ0n) is 19.2. The second kappa shape index (κ2) is 10.7. The van der Waals surface area contributed by atoms with Crippen molar-refractivity contribution in [2.45, 2.75) is 19.9 Å². The standard InChI is InChI=1S/C29H24F2N2O2/c1-20-5-2-3-8-27(20)29(35)33(19-21-9-11-23(30)12-10-21)26-7-4-6-22(17-26)18-28(34)32-25-15-13-24(31)14-16-25/h2-17H,18-19H2,1H3,(H,32,34). The van der Waals surface area contributed by atoms with Crippen LogP contribution in [0.3, 0.4) is 0 Å². The lowest BCUT2D eigenvalue weighted by Crippen LogP contribution is -2.31. The predicted octanol–water partition coefficient (Wildman–Crippen LogP) is 6.30. The normalized spacial score (nSPS) is 10.6. The molecular formula is C29H24F2N2O2. The van der Waals surface area contributed by atoms with Crippen LogP contribution in [0.1, 0.15) is 27.0 Å². The fraction of sp³-hybridized carbons (Fsp3) is 0.103. The molecule has 176 valence electrons. The summed E-state index contributed by atoms with van der Waals surface area (Å²) in [5.41, 5.74) is 4.01. The molecule has 35 heavy (non-hydrogen) atoms. The third-order valence-electron chi connectivity index (χ3n) is 5.59. The fourth-order valence-corrected chi connectivity index (χ4v) is 3.77. The molecule has 2 amide bonds. The average molecular weight is 471 g/mol. The number of hydrogen-bond acceptors (Lipinski definition) is 2. The number of benzene rings is 4. The number of anilines is 2. The summed E-state index contributed by atoms with van der Waals surface area (Å²) < 4.78 is 26.6. The Morgan fingerprint density at radius 1 is 0.771 bits per heavy atom. The van der Waals surface area contributed by atoms with Crippen LogP contribution in [0.15, 0.2) is 97.1 Å². The summed E-state index contributed by atoms with van der Waals surface area (Å²) in [5, 5.41) is 2.75. The minimum atomic E-state index is -0.379. The van der Waals surface area contributed by atoms with E-state index in [4.69, 9.17) is 0 Å². The number of aryl methyl sites for hydroxylation is 1. The zero-order chi connectivity index (χ0) is 24.8. The smallest absolute Gasteiger partial charge is 0.258 e. The molecule has 0 radical (unpaired) electrons. The molecule has 0 aliphatic carbocycles. The topological polar surface area (TPSA) is 49.4 Å². The van der Waals surface area contributed by atoms with Gasteiger partial charge in [0.25, 0.3) is 5.91 Å². The van der Waals surface area contributed by atoms with Gasteiger partial charge in [-0.15, -0.1) is 0 Å². The van der Waals surface area contributed by atoms with E-state index in [2.05, 4.69) is 5.32 Å². The third-order valence-corrected chi connectivity index (χ3v) is 5.59. The molecule has 4 aromatic carbocycles.